The molecule has 0 N–H and O–H groups in total. The van der Waals surface area contributed by atoms with Crippen molar-refractivity contribution in [1.82, 2.24) is 0 Å². The normalized spacial score (nSPS) is 23.1. The quantitative estimate of drug-likeness (QED) is 0.686. The lowest BCUT2D eigenvalue weighted by Gasteiger charge is -2.06. The molecule has 0 saturated carbocycles. The molecule has 1 heterocycles. The first-order chi connectivity index (χ1) is 8.24. The number of hydrogen-bond donors (Lipinski definition) is 0. The summed E-state index contributed by atoms with van der Waals surface area (Å²) in [4.78, 5) is 11.6. The first-order valence-corrected chi connectivity index (χ1v) is 9.81. The van der Waals surface area contributed by atoms with Gasteiger partial charge in [-0.1, -0.05) is 6.92 Å². The summed E-state index contributed by atoms with van der Waals surface area (Å²) in [6, 6.07) is 0. The number of rotatable bonds is 7. The van der Waals surface area contributed by atoms with Crippen molar-refractivity contribution in [1.29, 1.82) is 0 Å². The number of hydrogen-bond acceptors (Lipinski definition) is 5. The second-order valence-corrected chi connectivity index (χ2v) is 9.55. The highest BCUT2D eigenvalue weighted by Crippen LogP contribution is 2.22. The van der Waals surface area contributed by atoms with E-state index < -0.39 is 19.7 Å². The number of sulfone groups is 2. The van der Waals surface area contributed by atoms with Crippen LogP contribution in [0, 0.1) is 5.92 Å². The molecule has 5 nitrogen and oxygen atoms in total. The van der Waals surface area contributed by atoms with E-state index >= 15 is 0 Å². The summed E-state index contributed by atoms with van der Waals surface area (Å²) in [5, 5.41) is 0. The Morgan fingerprint density at radius 1 is 1.33 bits per heavy atom. The van der Waals surface area contributed by atoms with E-state index in [4.69, 9.17) is 0 Å². The molecular weight excluding hydrogens is 276 g/mol. The van der Waals surface area contributed by atoms with Crippen molar-refractivity contribution in [3.63, 3.8) is 0 Å². The van der Waals surface area contributed by atoms with Crippen molar-refractivity contribution in [2.45, 2.75) is 32.6 Å². The second kappa shape index (κ2) is 6.14. The summed E-state index contributed by atoms with van der Waals surface area (Å²) in [7, 11) is -5.95. The Kier molecular flexibility index (Phi) is 5.33. The van der Waals surface area contributed by atoms with E-state index in [1.54, 1.807) is 6.92 Å². The van der Waals surface area contributed by atoms with Crippen LogP contribution in [-0.4, -0.2) is 45.6 Å². The van der Waals surface area contributed by atoms with Gasteiger partial charge >= 0.3 is 0 Å². The van der Waals surface area contributed by atoms with Gasteiger partial charge in [-0.05, 0) is 18.8 Å². The molecule has 7 heteroatoms. The molecule has 1 rings (SSSR count). The van der Waals surface area contributed by atoms with E-state index in [1.807, 2.05) is 0 Å². The maximum Gasteiger partial charge on any atom is 0.150 e. The van der Waals surface area contributed by atoms with Crippen molar-refractivity contribution < 1.29 is 21.6 Å². The fraction of sp³-hybridized carbons (Fsp3) is 0.909. The van der Waals surface area contributed by atoms with E-state index in [9.17, 15) is 21.6 Å². The lowest BCUT2D eigenvalue weighted by molar-refractivity contribution is -0.119. The first-order valence-electron chi connectivity index (χ1n) is 6.16. The van der Waals surface area contributed by atoms with Crippen molar-refractivity contribution >= 4 is 25.5 Å². The first kappa shape index (κ1) is 15.6. The Labute approximate surface area is 109 Å². The Morgan fingerprint density at radius 2 is 2.00 bits per heavy atom. The molecule has 1 aliphatic rings. The standard InChI is InChI=1S/C11H20O5S2/c1-2-17(13,14)6-3-4-11(12)8-10-5-7-18(15,16)9-10/h10H,2-9H2,1H3. The Hall–Kier alpha value is -0.430. The number of ketones is 1. The second-order valence-electron chi connectivity index (χ2n) is 4.85. The van der Waals surface area contributed by atoms with Crippen LogP contribution in [0.3, 0.4) is 0 Å². The van der Waals surface area contributed by atoms with E-state index in [2.05, 4.69) is 0 Å². The summed E-state index contributed by atoms with van der Waals surface area (Å²) in [5.74, 6) is 0.329. The number of carbonyl (C=O) groups excluding carboxylic acids is 1. The highest BCUT2D eigenvalue weighted by molar-refractivity contribution is 7.91. The van der Waals surface area contributed by atoms with Gasteiger partial charge in [0.2, 0.25) is 0 Å². The van der Waals surface area contributed by atoms with Gasteiger partial charge in [-0.25, -0.2) is 16.8 Å². The Bertz CT molecular complexity index is 490. The average Bonchev–Trinajstić information content (AvgIpc) is 2.57. The van der Waals surface area contributed by atoms with Crippen LogP contribution < -0.4 is 0 Å². The zero-order valence-corrected chi connectivity index (χ0v) is 12.2. The highest BCUT2D eigenvalue weighted by Gasteiger charge is 2.29. The van der Waals surface area contributed by atoms with Crippen molar-refractivity contribution in [3.8, 4) is 0 Å². The largest absolute Gasteiger partial charge is 0.300 e. The molecule has 18 heavy (non-hydrogen) atoms. The minimum absolute atomic E-state index is 0.0246. The third-order valence-corrected chi connectivity index (χ3v) is 6.82. The molecule has 1 aliphatic heterocycles. The zero-order chi connectivity index (χ0) is 13.8. The molecule has 0 radical (unpaired) electrons. The van der Waals surface area contributed by atoms with Gasteiger partial charge in [0.25, 0.3) is 0 Å². The highest BCUT2D eigenvalue weighted by atomic mass is 32.2. The fourth-order valence-electron chi connectivity index (χ4n) is 2.09. The van der Waals surface area contributed by atoms with Gasteiger partial charge in [0.05, 0.1) is 17.3 Å². The molecule has 1 fully saturated rings. The topological polar surface area (TPSA) is 85.3 Å². The van der Waals surface area contributed by atoms with E-state index in [-0.39, 0.29) is 47.6 Å². The van der Waals surface area contributed by atoms with Gasteiger partial charge in [0.1, 0.15) is 15.6 Å². The fourth-order valence-corrected chi connectivity index (χ4v) is 4.83. The van der Waals surface area contributed by atoms with Crippen molar-refractivity contribution in [2.24, 2.45) is 5.92 Å². The molecule has 1 saturated heterocycles. The maximum absolute atomic E-state index is 11.6. The smallest absolute Gasteiger partial charge is 0.150 e. The SMILES string of the molecule is CCS(=O)(=O)CCCC(=O)CC1CCS(=O)(=O)C1. The lowest BCUT2D eigenvalue weighted by Crippen LogP contribution is -2.13. The van der Waals surface area contributed by atoms with E-state index in [1.165, 1.54) is 0 Å². The summed E-state index contributed by atoms with van der Waals surface area (Å²) >= 11 is 0. The molecule has 0 amide bonds. The van der Waals surface area contributed by atoms with E-state index in [0.29, 0.717) is 12.8 Å². The van der Waals surface area contributed by atoms with Crippen LogP contribution in [0.2, 0.25) is 0 Å². The van der Waals surface area contributed by atoms with Crippen LogP contribution in [-0.2, 0) is 24.5 Å². The third kappa shape index (κ3) is 5.48. The average molecular weight is 296 g/mol. The Balaban J connectivity index is 2.27. The third-order valence-electron chi connectivity index (χ3n) is 3.19. The molecule has 1 unspecified atom stereocenters. The maximum atomic E-state index is 11.6. The van der Waals surface area contributed by atoms with Crippen LogP contribution in [0.15, 0.2) is 0 Å². The minimum atomic E-state index is -3.01. The van der Waals surface area contributed by atoms with Crippen molar-refractivity contribution in [2.75, 3.05) is 23.0 Å². The molecule has 0 aromatic carbocycles. The molecule has 0 spiro atoms. The van der Waals surface area contributed by atoms with Crippen LogP contribution in [0.1, 0.15) is 32.6 Å². The van der Waals surface area contributed by atoms with Crippen LogP contribution in [0.25, 0.3) is 0 Å². The summed E-state index contributed by atoms with van der Waals surface area (Å²) in [5.41, 5.74) is 0. The van der Waals surface area contributed by atoms with Crippen LogP contribution in [0.4, 0.5) is 0 Å². The molecule has 0 bridgehead atoms. The van der Waals surface area contributed by atoms with Crippen molar-refractivity contribution in [3.05, 3.63) is 0 Å². The molecule has 0 aromatic rings. The van der Waals surface area contributed by atoms with Gasteiger partial charge in [0, 0.05) is 18.6 Å². The summed E-state index contributed by atoms with van der Waals surface area (Å²) in [6.45, 7) is 1.58. The Morgan fingerprint density at radius 3 is 2.50 bits per heavy atom. The van der Waals surface area contributed by atoms with Crippen LogP contribution >= 0.6 is 0 Å². The predicted octanol–water partition coefficient (Wildman–Crippen LogP) is 0.595. The summed E-state index contributed by atoms with van der Waals surface area (Å²) in [6.07, 6.45) is 1.40. The van der Waals surface area contributed by atoms with Gasteiger partial charge in [0.15, 0.2) is 9.84 Å². The van der Waals surface area contributed by atoms with Gasteiger partial charge in [-0.2, -0.15) is 0 Å². The monoisotopic (exact) mass is 296 g/mol. The molecule has 1 atom stereocenters. The lowest BCUT2D eigenvalue weighted by atomic mass is 10.00. The molecular formula is C11H20O5S2. The van der Waals surface area contributed by atoms with Crippen LogP contribution in [0.5, 0.6) is 0 Å². The zero-order valence-electron chi connectivity index (χ0n) is 10.6. The minimum Gasteiger partial charge on any atom is -0.300 e. The molecule has 106 valence electrons. The number of carbonyl (C=O) groups is 1. The molecule has 0 aromatic heterocycles. The summed E-state index contributed by atoms with van der Waals surface area (Å²) < 4.78 is 44.9. The molecule has 0 aliphatic carbocycles. The van der Waals surface area contributed by atoms with Gasteiger partial charge < -0.3 is 0 Å². The van der Waals surface area contributed by atoms with Gasteiger partial charge in [-0.3, -0.25) is 4.79 Å². The predicted molar refractivity (Wildman–Crippen MR) is 69.9 cm³/mol. The van der Waals surface area contributed by atoms with E-state index in [0.717, 1.165) is 0 Å². The van der Waals surface area contributed by atoms with Gasteiger partial charge in [-0.15, -0.1) is 0 Å². The number of Topliss-reactive ketones (excluding diaryl/α,β-unsaturated/α-hetero) is 1.